The molecule has 1 aromatic heterocycles. The first-order chi connectivity index (χ1) is 29.0. The molecule has 0 radical (unpaired) electrons. The number of aliphatic hydroxyl groups excluding tert-OH is 1. The first-order valence-corrected chi connectivity index (χ1v) is 22.0. The summed E-state index contributed by atoms with van der Waals surface area (Å²) in [6.45, 7) is 8.02. The fraction of sp³-hybridized carbons (Fsp3) is 0.438. The van der Waals surface area contributed by atoms with E-state index in [4.69, 9.17) is 32.7 Å². The predicted octanol–water partition coefficient (Wildman–Crippen LogP) is 7.65. The van der Waals surface area contributed by atoms with Gasteiger partial charge in [-0.2, -0.15) is 0 Å². The first kappa shape index (κ1) is 44.3. The molecule has 60 heavy (non-hydrogen) atoms. The van der Waals surface area contributed by atoms with Crippen LogP contribution in [-0.2, 0) is 37.7 Å². The molecule has 2 saturated heterocycles. The van der Waals surface area contributed by atoms with Crippen LogP contribution in [0.4, 0.5) is 0 Å². The Kier molecular flexibility index (Phi) is 15.4. The minimum atomic E-state index is -0.153. The van der Waals surface area contributed by atoms with Gasteiger partial charge in [0.05, 0.1) is 37.9 Å². The Morgan fingerprint density at radius 3 is 2.47 bits per heavy atom. The van der Waals surface area contributed by atoms with Gasteiger partial charge in [0, 0.05) is 78.6 Å². The van der Waals surface area contributed by atoms with Crippen LogP contribution in [0.1, 0.15) is 42.3 Å². The van der Waals surface area contributed by atoms with Gasteiger partial charge in [-0.05, 0) is 113 Å². The molecule has 0 spiro atoms. The Morgan fingerprint density at radius 2 is 1.72 bits per heavy atom. The SMILES string of the molecule is C[C@H]1CN[C@H](CO)CN[C@@]2(Cc3ccc(Cl)cc3)CCCN(C[C@H](Cc3ccccc3)OCN1Cc1ccc(Cl)cc1Oc1ccc(-c3cnc(CN(C)C)n3C)cc1)C2. The minimum absolute atomic E-state index is 0.0297. The second-order valence-corrected chi connectivity index (χ2v) is 17.9. The zero-order valence-corrected chi connectivity index (χ0v) is 37.0. The molecule has 0 aliphatic carbocycles. The standard InChI is InChI=1S/C48H61Cl2N7O3/c1-35-26-51-42(32-58)27-53-48(25-37-11-16-40(49)17-12-37)21-8-22-56(33-48)30-44(23-36-9-6-5-7-10-36)59-34-57(35)29-39-13-18-41(50)24-46(39)60-43-19-14-38(15-20-43)45-28-52-47(55(45)4)31-54(2)3/h5-7,9-20,24,28,35,42,44,51,53,58H,8,21-23,25-27,29-34H2,1-4H3/t35-,42-,44-,48+/m0/s1. The number of imidazole rings is 1. The lowest BCUT2D eigenvalue weighted by Crippen LogP contribution is -2.62. The van der Waals surface area contributed by atoms with Crippen LogP contribution in [0.5, 0.6) is 11.5 Å². The summed E-state index contributed by atoms with van der Waals surface area (Å²) in [7, 11) is 6.15. The summed E-state index contributed by atoms with van der Waals surface area (Å²) in [6.07, 6.45) is 5.70. The summed E-state index contributed by atoms with van der Waals surface area (Å²) in [4.78, 5) is 11.7. The van der Waals surface area contributed by atoms with Gasteiger partial charge in [-0.1, -0.05) is 71.7 Å². The molecule has 0 amide bonds. The summed E-state index contributed by atoms with van der Waals surface area (Å²) >= 11 is 12.9. The van der Waals surface area contributed by atoms with E-state index < -0.39 is 0 Å². The van der Waals surface area contributed by atoms with Crippen molar-refractivity contribution in [2.75, 3.05) is 60.2 Å². The summed E-state index contributed by atoms with van der Waals surface area (Å²) < 4.78 is 15.8. The molecule has 10 nitrogen and oxygen atoms in total. The lowest BCUT2D eigenvalue weighted by atomic mass is 9.82. The maximum atomic E-state index is 10.6. The zero-order chi connectivity index (χ0) is 42.1. The quantitative estimate of drug-likeness (QED) is 0.117. The number of halogens is 2. The van der Waals surface area contributed by atoms with E-state index in [0.29, 0.717) is 37.1 Å². The van der Waals surface area contributed by atoms with Gasteiger partial charge in [0.2, 0.25) is 0 Å². The number of nitrogens with one attached hydrogen (secondary N) is 2. The van der Waals surface area contributed by atoms with Crippen LogP contribution in [-0.4, -0.2) is 113 Å². The summed E-state index contributed by atoms with van der Waals surface area (Å²) in [6, 6.07) is 32.9. The second kappa shape index (κ2) is 20.8. The van der Waals surface area contributed by atoms with Gasteiger partial charge in [0.15, 0.2) is 0 Å². The van der Waals surface area contributed by atoms with Crippen molar-refractivity contribution in [1.82, 2.24) is 34.9 Å². The molecule has 2 aliphatic rings. The highest BCUT2D eigenvalue weighted by Crippen LogP contribution is 2.32. The van der Waals surface area contributed by atoms with Crippen LogP contribution in [0.2, 0.25) is 10.0 Å². The summed E-state index contributed by atoms with van der Waals surface area (Å²) in [5.74, 6) is 2.43. The van der Waals surface area contributed by atoms with Crippen LogP contribution in [0.15, 0.2) is 103 Å². The number of fused-ring (bicyclic) bond motifs is 2. The number of nitrogens with zero attached hydrogens (tertiary/aromatic N) is 5. The minimum Gasteiger partial charge on any atom is -0.457 e. The Labute approximate surface area is 366 Å². The Balaban J connectivity index is 1.12. The van der Waals surface area contributed by atoms with Gasteiger partial charge in [-0.25, -0.2) is 4.98 Å². The normalized spacial score (nSPS) is 23.3. The monoisotopic (exact) mass is 853 g/mol. The molecule has 2 bridgehead atoms. The third-order valence-corrected chi connectivity index (χ3v) is 12.4. The van der Waals surface area contributed by atoms with Crippen LogP contribution < -0.4 is 15.4 Å². The number of piperidine rings is 1. The predicted molar refractivity (Wildman–Crippen MR) is 243 cm³/mol. The zero-order valence-electron chi connectivity index (χ0n) is 35.5. The lowest BCUT2D eigenvalue weighted by molar-refractivity contribution is -0.0580. The van der Waals surface area contributed by atoms with E-state index in [9.17, 15) is 5.11 Å². The highest BCUT2D eigenvalue weighted by Gasteiger charge is 2.37. The van der Waals surface area contributed by atoms with Crippen molar-refractivity contribution in [1.29, 1.82) is 0 Å². The molecule has 12 heteroatoms. The smallest absolute Gasteiger partial charge is 0.133 e. The van der Waals surface area contributed by atoms with Gasteiger partial charge in [0.1, 0.15) is 17.3 Å². The topological polar surface area (TPSA) is 90.3 Å². The summed E-state index contributed by atoms with van der Waals surface area (Å²) in [5.41, 5.74) is 5.48. The molecule has 5 aromatic rings. The molecule has 2 fully saturated rings. The first-order valence-electron chi connectivity index (χ1n) is 21.2. The van der Waals surface area contributed by atoms with Crippen LogP contribution in [0.25, 0.3) is 11.3 Å². The molecule has 3 heterocycles. The fourth-order valence-electron chi connectivity index (χ4n) is 8.54. The van der Waals surface area contributed by atoms with Crippen molar-refractivity contribution >= 4 is 23.2 Å². The van der Waals surface area contributed by atoms with Crippen molar-refractivity contribution in [3.05, 3.63) is 136 Å². The molecular weight excluding hydrogens is 793 g/mol. The van der Waals surface area contributed by atoms with Gasteiger partial charge < -0.3 is 34.7 Å². The number of ether oxygens (including phenoxy) is 2. The van der Waals surface area contributed by atoms with E-state index in [2.05, 4.69) is 110 Å². The number of benzene rings is 4. The average Bonchev–Trinajstić information content (AvgIpc) is 3.59. The number of hydrogen-bond acceptors (Lipinski definition) is 9. The molecule has 7 rings (SSSR count). The maximum absolute atomic E-state index is 10.6. The van der Waals surface area contributed by atoms with Crippen molar-refractivity contribution in [2.24, 2.45) is 7.05 Å². The van der Waals surface area contributed by atoms with E-state index in [1.54, 1.807) is 0 Å². The third kappa shape index (κ3) is 12.0. The van der Waals surface area contributed by atoms with Gasteiger partial charge in [-0.3, -0.25) is 9.80 Å². The molecule has 5 atom stereocenters. The highest BCUT2D eigenvalue weighted by atomic mass is 35.5. The van der Waals surface area contributed by atoms with E-state index >= 15 is 0 Å². The number of hydrogen-bond donors (Lipinski definition) is 3. The second-order valence-electron chi connectivity index (χ2n) is 17.0. The Bertz CT molecular complexity index is 2100. The molecule has 4 aromatic carbocycles. The van der Waals surface area contributed by atoms with Crippen molar-refractivity contribution in [2.45, 2.75) is 69.4 Å². The molecule has 0 saturated carbocycles. The lowest BCUT2D eigenvalue weighted by Gasteiger charge is -2.46. The van der Waals surface area contributed by atoms with Gasteiger partial charge in [-0.15, -0.1) is 0 Å². The number of aliphatic hydroxyl groups is 1. The molecule has 1 unspecified atom stereocenters. The van der Waals surface area contributed by atoms with Crippen LogP contribution in [0.3, 0.4) is 0 Å². The van der Waals surface area contributed by atoms with Crippen molar-refractivity contribution < 1.29 is 14.6 Å². The fourth-order valence-corrected chi connectivity index (χ4v) is 8.83. The van der Waals surface area contributed by atoms with Crippen molar-refractivity contribution in [3.8, 4) is 22.8 Å². The Hall–Kier alpha value is -3.81. The molecule has 320 valence electrons. The third-order valence-electron chi connectivity index (χ3n) is 11.9. The molecule has 2 aliphatic heterocycles. The summed E-state index contributed by atoms with van der Waals surface area (Å²) in [5, 5.41) is 19.7. The Morgan fingerprint density at radius 1 is 0.950 bits per heavy atom. The molecule has 3 N–H and O–H groups in total. The largest absolute Gasteiger partial charge is 0.457 e. The average molecular weight is 855 g/mol. The van der Waals surface area contributed by atoms with Crippen LogP contribution in [0, 0.1) is 0 Å². The van der Waals surface area contributed by atoms with Crippen LogP contribution >= 0.6 is 23.2 Å². The van der Waals surface area contributed by atoms with Gasteiger partial charge in [0.25, 0.3) is 0 Å². The maximum Gasteiger partial charge on any atom is 0.133 e. The highest BCUT2D eigenvalue weighted by molar-refractivity contribution is 6.31. The molecular formula is C48H61Cl2N7O3. The van der Waals surface area contributed by atoms with Gasteiger partial charge >= 0.3 is 0 Å². The van der Waals surface area contributed by atoms with E-state index in [-0.39, 0.29) is 30.3 Å². The van der Waals surface area contributed by atoms with Crippen molar-refractivity contribution in [3.63, 3.8) is 0 Å². The number of rotatable bonds is 12. The van der Waals surface area contributed by atoms with E-state index in [1.807, 2.05) is 56.7 Å². The van der Waals surface area contributed by atoms with E-state index in [1.165, 1.54) is 11.1 Å². The van der Waals surface area contributed by atoms with E-state index in [0.717, 1.165) is 85.3 Å². The number of aromatic nitrogens is 2.